The monoisotopic (exact) mass is 254 g/mol. The molecule has 3 nitrogen and oxygen atoms in total. The molecule has 2 heterocycles. The molecular formula is C14H10N2OS. The summed E-state index contributed by atoms with van der Waals surface area (Å²) < 4.78 is 1.14. The number of carbonyl (C=O) groups is 1. The van der Waals surface area contributed by atoms with Crippen molar-refractivity contribution in [3.63, 3.8) is 0 Å². The summed E-state index contributed by atoms with van der Waals surface area (Å²) in [7, 11) is 0. The normalized spacial score (nSPS) is 10.7. The van der Waals surface area contributed by atoms with Crippen molar-refractivity contribution in [2.45, 2.75) is 6.42 Å². The molecule has 0 radical (unpaired) electrons. The highest BCUT2D eigenvalue weighted by Gasteiger charge is 2.13. The van der Waals surface area contributed by atoms with Gasteiger partial charge in [0.15, 0.2) is 5.78 Å². The number of nitrogens with zero attached hydrogens (tertiary/aromatic N) is 2. The molecule has 0 fully saturated rings. The fraction of sp³-hybridized carbons (Fsp3) is 0.0714. The molecule has 0 aliphatic heterocycles. The molecule has 0 saturated carbocycles. The van der Waals surface area contributed by atoms with E-state index in [-0.39, 0.29) is 5.78 Å². The summed E-state index contributed by atoms with van der Waals surface area (Å²) in [5.41, 5.74) is 1.49. The van der Waals surface area contributed by atoms with Crippen LogP contribution in [0, 0.1) is 0 Å². The van der Waals surface area contributed by atoms with E-state index in [4.69, 9.17) is 0 Å². The van der Waals surface area contributed by atoms with Gasteiger partial charge in [0.05, 0.1) is 12.1 Å². The second kappa shape index (κ2) is 4.66. The first-order valence-electron chi connectivity index (χ1n) is 5.60. The highest BCUT2D eigenvalue weighted by molar-refractivity contribution is 7.17. The highest BCUT2D eigenvalue weighted by Crippen LogP contribution is 2.26. The first-order valence-corrected chi connectivity index (χ1v) is 6.48. The quantitative estimate of drug-likeness (QED) is 0.674. The molecule has 1 aromatic carbocycles. The number of Topliss-reactive ketones (excluding diaryl/α,β-unsaturated/α-hetero) is 1. The van der Waals surface area contributed by atoms with Crippen LogP contribution in [0.2, 0.25) is 0 Å². The summed E-state index contributed by atoms with van der Waals surface area (Å²) in [6.45, 7) is 0. The van der Waals surface area contributed by atoms with Crippen molar-refractivity contribution in [3.8, 4) is 0 Å². The molecule has 0 N–H and O–H groups in total. The molecule has 2 aromatic heterocycles. The van der Waals surface area contributed by atoms with Crippen molar-refractivity contribution in [1.82, 2.24) is 10.2 Å². The number of fused-ring (bicyclic) bond motifs is 1. The Morgan fingerprint density at radius 2 is 2.06 bits per heavy atom. The molecule has 0 atom stereocenters. The predicted octanol–water partition coefficient (Wildman–Crippen LogP) is 3.12. The Hall–Kier alpha value is -2.07. The molecule has 88 valence electrons. The van der Waals surface area contributed by atoms with Gasteiger partial charge >= 0.3 is 0 Å². The lowest BCUT2D eigenvalue weighted by molar-refractivity contribution is 0.0993. The van der Waals surface area contributed by atoms with Gasteiger partial charge in [-0.25, -0.2) is 0 Å². The third-order valence-corrected chi connectivity index (χ3v) is 3.71. The molecule has 0 saturated heterocycles. The van der Waals surface area contributed by atoms with Crippen LogP contribution in [0.5, 0.6) is 0 Å². The number of aromatic nitrogens is 2. The van der Waals surface area contributed by atoms with E-state index in [1.54, 1.807) is 23.6 Å². The maximum Gasteiger partial charge on any atom is 0.170 e. The van der Waals surface area contributed by atoms with Gasteiger partial charge < -0.3 is 0 Å². The topological polar surface area (TPSA) is 42.9 Å². The number of hydrogen-bond donors (Lipinski definition) is 0. The van der Waals surface area contributed by atoms with Gasteiger partial charge in [0, 0.05) is 27.2 Å². The Bertz CT molecular complexity index is 691. The summed E-state index contributed by atoms with van der Waals surface area (Å²) in [5.74, 6) is 0.0907. The number of carbonyl (C=O) groups excluding carboxylic acids is 1. The standard InChI is InChI=1S/C14H10N2OS/c17-13(8-10-4-3-7-15-16-10)12-9-18-14-6-2-1-5-11(12)14/h1-7,9H,8H2. The molecular weight excluding hydrogens is 244 g/mol. The minimum atomic E-state index is 0.0907. The lowest BCUT2D eigenvalue weighted by Gasteiger charge is -1.98. The largest absolute Gasteiger partial charge is 0.294 e. The average molecular weight is 254 g/mol. The van der Waals surface area contributed by atoms with Gasteiger partial charge in [-0.2, -0.15) is 10.2 Å². The summed E-state index contributed by atoms with van der Waals surface area (Å²) in [4.78, 5) is 12.2. The van der Waals surface area contributed by atoms with Crippen molar-refractivity contribution in [2.75, 3.05) is 0 Å². The number of ketones is 1. The van der Waals surface area contributed by atoms with E-state index >= 15 is 0 Å². The molecule has 0 bridgehead atoms. The maximum absolute atomic E-state index is 12.2. The predicted molar refractivity (Wildman–Crippen MR) is 71.9 cm³/mol. The maximum atomic E-state index is 12.2. The second-order valence-electron chi connectivity index (χ2n) is 3.96. The van der Waals surface area contributed by atoms with E-state index in [0.717, 1.165) is 15.6 Å². The van der Waals surface area contributed by atoms with Crippen molar-refractivity contribution in [2.24, 2.45) is 0 Å². The summed E-state index contributed by atoms with van der Waals surface area (Å²) in [6.07, 6.45) is 1.91. The van der Waals surface area contributed by atoms with Crippen LogP contribution in [0.15, 0.2) is 48.0 Å². The Morgan fingerprint density at radius 1 is 1.17 bits per heavy atom. The van der Waals surface area contributed by atoms with Crippen LogP contribution in [0.3, 0.4) is 0 Å². The van der Waals surface area contributed by atoms with E-state index in [0.29, 0.717) is 12.1 Å². The summed E-state index contributed by atoms with van der Waals surface area (Å²) >= 11 is 1.60. The third kappa shape index (κ3) is 2.02. The number of thiophene rings is 1. The van der Waals surface area contributed by atoms with E-state index in [1.165, 1.54) is 0 Å². The lowest BCUT2D eigenvalue weighted by Crippen LogP contribution is -2.04. The molecule has 0 amide bonds. The molecule has 0 aliphatic carbocycles. The first-order chi connectivity index (χ1) is 8.84. The van der Waals surface area contributed by atoms with Crippen LogP contribution < -0.4 is 0 Å². The molecule has 0 aliphatic rings. The highest BCUT2D eigenvalue weighted by atomic mass is 32.1. The Balaban J connectivity index is 1.93. The number of hydrogen-bond acceptors (Lipinski definition) is 4. The fourth-order valence-corrected chi connectivity index (χ4v) is 2.85. The molecule has 3 rings (SSSR count). The van der Waals surface area contributed by atoms with Gasteiger partial charge in [-0.1, -0.05) is 18.2 Å². The zero-order valence-electron chi connectivity index (χ0n) is 9.54. The van der Waals surface area contributed by atoms with Crippen LogP contribution in [0.25, 0.3) is 10.1 Å². The molecule has 0 unspecified atom stereocenters. The molecule has 0 spiro atoms. The van der Waals surface area contributed by atoms with Gasteiger partial charge in [-0.3, -0.25) is 4.79 Å². The fourth-order valence-electron chi connectivity index (χ4n) is 1.88. The van der Waals surface area contributed by atoms with Crippen molar-refractivity contribution in [1.29, 1.82) is 0 Å². The van der Waals surface area contributed by atoms with Crippen LogP contribution in [0.4, 0.5) is 0 Å². The Morgan fingerprint density at radius 3 is 2.89 bits per heavy atom. The third-order valence-electron chi connectivity index (χ3n) is 2.75. The Labute approximate surface area is 108 Å². The SMILES string of the molecule is O=C(Cc1cccnn1)c1csc2ccccc12. The van der Waals surface area contributed by atoms with Crippen molar-refractivity contribution >= 4 is 27.2 Å². The average Bonchev–Trinajstić information content (AvgIpc) is 2.84. The van der Waals surface area contributed by atoms with Gasteiger partial charge in [-0.15, -0.1) is 11.3 Å². The zero-order chi connectivity index (χ0) is 12.4. The lowest BCUT2D eigenvalue weighted by atomic mass is 10.1. The van der Waals surface area contributed by atoms with Crippen LogP contribution >= 0.6 is 11.3 Å². The second-order valence-corrected chi connectivity index (χ2v) is 4.87. The molecule has 4 heteroatoms. The smallest absolute Gasteiger partial charge is 0.170 e. The van der Waals surface area contributed by atoms with Crippen LogP contribution in [0.1, 0.15) is 16.1 Å². The number of rotatable bonds is 3. The molecule has 3 aromatic rings. The van der Waals surface area contributed by atoms with Crippen LogP contribution in [-0.2, 0) is 6.42 Å². The summed E-state index contributed by atoms with van der Waals surface area (Å²) in [5, 5.41) is 10.7. The van der Waals surface area contributed by atoms with Crippen molar-refractivity contribution < 1.29 is 4.79 Å². The van der Waals surface area contributed by atoms with Gasteiger partial charge in [0.25, 0.3) is 0 Å². The van der Waals surface area contributed by atoms with Crippen LogP contribution in [-0.4, -0.2) is 16.0 Å². The number of benzene rings is 1. The van der Waals surface area contributed by atoms with Gasteiger partial charge in [-0.05, 0) is 18.2 Å². The minimum absolute atomic E-state index is 0.0907. The van der Waals surface area contributed by atoms with Gasteiger partial charge in [0.1, 0.15) is 0 Å². The molecule has 18 heavy (non-hydrogen) atoms. The van der Waals surface area contributed by atoms with E-state index < -0.39 is 0 Å². The van der Waals surface area contributed by atoms with E-state index in [2.05, 4.69) is 10.2 Å². The minimum Gasteiger partial charge on any atom is -0.294 e. The van der Waals surface area contributed by atoms with E-state index in [9.17, 15) is 4.79 Å². The summed E-state index contributed by atoms with van der Waals surface area (Å²) in [6, 6.07) is 11.6. The van der Waals surface area contributed by atoms with Crippen molar-refractivity contribution in [3.05, 3.63) is 59.2 Å². The van der Waals surface area contributed by atoms with E-state index in [1.807, 2.05) is 35.7 Å². The zero-order valence-corrected chi connectivity index (χ0v) is 10.4. The van der Waals surface area contributed by atoms with Gasteiger partial charge in [0.2, 0.25) is 0 Å². The first kappa shape index (κ1) is 11.0. The Kier molecular flexibility index (Phi) is 2.86.